The lowest BCUT2D eigenvalue weighted by Crippen LogP contribution is -2.54. The van der Waals surface area contributed by atoms with Crippen molar-refractivity contribution in [2.45, 2.75) is 5.41 Å². The van der Waals surface area contributed by atoms with Gasteiger partial charge < -0.3 is 15.2 Å². The molecule has 1 fully saturated rings. The van der Waals surface area contributed by atoms with Crippen LogP contribution >= 0.6 is 15.9 Å². The molecule has 86 valence electrons. The standard InChI is InChI=1S/C11H12BrNO3/c12-9-3-1-8(2-4-9)11(6-16-7-11)5-13-10(14)15/h1-4,13H,5-7H2,(H,14,15). The Balaban J connectivity index is 2.14. The number of hydrogen-bond donors (Lipinski definition) is 2. The highest BCUT2D eigenvalue weighted by molar-refractivity contribution is 9.10. The molecule has 1 aromatic carbocycles. The Kier molecular flexibility index (Phi) is 3.16. The van der Waals surface area contributed by atoms with Gasteiger partial charge in [-0.2, -0.15) is 0 Å². The van der Waals surface area contributed by atoms with E-state index in [1.54, 1.807) is 0 Å². The molecule has 0 unspecified atom stereocenters. The van der Waals surface area contributed by atoms with Gasteiger partial charge in [0.1, 0.15) is 0 Å². The Bertz CT molecular complexity index is 387. The van der Waals surface area contributed by atoms with Crippen LogP contribution in [-0.4, -0.2) is 31.0 Å². The summed E-state index contributed by atoms with van der Waals surface area (Å²) in [6.45, 7) is 1.52. The fourth-order valence-electron chi connectivity index (χ4n) is 1.77. The van der Waals surface area contributed by atoms with Crippen molar-refractivity contribution in [1.29, 1.82) is 0 Å². The van der Waals surface area contributed by atoms with Crippen molar-refractivity contribution in [2.75, 3.05) is 19.8 Å². The third-order valence-electron chi connectivity index (χ3n) is 2.79. The Hall–Kier alpha value is -1.07. The van der Waals surface area contributed by atoms with Crippen LogP contribution in [0.2, 0.25) is 0 Å². The molecule has 0 aromatic heterocycles. The first-order valence-electron chi connectivity index (χ1n) is 4.93. The molecule has 5 heteroatoms. The fourth-order valence-corrected chi connectivity index (χ4v) is 2.03. The largest absolute Gasteiger partial charge is 0.465 e. The number of rotatable bonds is 3. The van der Waals surface area contributed by atoms with Gasteiger partial charge in [0.05, 0.1) is 18.6 Å². The summed E-state index contributed by atoms with van der Waals surface area (Å²) in [5, 5.41) is 11.1. The normalized spacial score (nSPS) is 17.6. The van der Waals surface area contributed by atoms with Crippen LogP contribution in [0.25, 0.3) is 0 Å². The first kappa shape index (κ1) is 11.4. The Morgan fingerprint density at radius 1 is 1.44 bits per heavy atom. The third-order valence-corrected chi connectivity index (χ3v) is 3.32. The van der Waals surface area contributed by atoms with Crippen LogP contribution in [-0.2, 0) is 10.2 Å². The van der Waals surface area contributed by atoms with Crippen molar-refractivity contribution in [3.63, 3.8) is 0 Å². The van der Waals surface area contributed by atoms with Crippen molar-refractivity contribution < 1.29 is 14.6 Å². The van der Waals surface area contributed by atoms with E-state index in [9.17, 15) is 4.79 Å². The number of carboxylic acid groups (broad SMARTS) is 1. The van der Waals surface area contributed by atoms with Crippen LogP contribution < -0.4 is 5.32 Å². The molecule has 0 saturated carbocycles. The maximum absolute atomic E-state index is 10.5. The molecule has 0 spiro atoms. The van der Waals surface area contributed by atoms with Crippen LogP contribution in [0.1, 0.15) is 5.56 Å². The Labute approximate surface area is 102 Å². The number of carbonyl (C=O) groups is 1. The zero-order valence-corrected chi connectivity index (χ0v) is 10.2. The molecule has 0 atom stereocenters. The van der Waals surface area contributed by atoms with E-state index in [1.165, 1.54) is 0 Å². The lowest BCUT2D eigenvalue weighted by atomic mass is 9.78. The first-order valence-corrected chi connectivity index (χ1v) is 5.72. The molecule has 1 saturated heterocycles. The van der Waals surface area contributed by atoms with E-state index < -0.39 is 6.09 Å². The zero-order chi connectivity index (χ0) is 11.6. The summed E-state index contributed by atoms with van der Waals surface area (Å²) < 4.78 is 6.22. The van der Waals surface area contributed by atoms with Gasteiger partial charge in [-0.3, -0.25) is 0 Å². The number of halogens is 1. The number of amides is 1. The maximum Gasteiger partial charge on any atom is 0.404 e. The second-order valence-electron chi connectivity index (χ2n) is 3.94. The minimum atomic E-state index is -0.997. The summed E-state index contributed by atoms with van der Waals surface area (Å²) in [4.78, 5) is 10.5. The average Bonchev–Trinajstić information content (AvgIpc) is 2.18. The van der Waals surface area contributed by atoms with E-state index in [4.69, 9.17) is 9.84 Å². The molecule has 1 amide bonds. The molecule has 2 rings (SSSR count). The van der Waals surface area contributed by atoms with Crippen molar-refractivity contribution in [3.8, 4) is 0 Å². The van der Waals surface area contributed by atoms with Crippen LogP contribution in [0.3, 0.4) is 0 Å². The number of hydrogen-bond acceptors (Lipinski definition) is 2. The van der Waals surface area contributed by atoms with Crippen molar-refractivity contribution in [3.05, 3.63) is 34.3 Å². The summed E-state index contributed by atoms with van der Waals surface area (Å²) in [6, 6.07) is 7.90. The minimum absolute atomic E-state index is 0.195. The van der Waals surface area contributed by atoms with Crippen molar-refractivity contribution in [1.82, 2.24) is 5.32 Å². The first-order chi connectivity index (χ1) is 7.62. The summed E-state index contributed by atoms with van der Waals surface area (Å²) in [7, 11) is 0. The van der Waals surface area contributed by atoms with E-state index >= 15 is 0 Å². The zero-order valence-electron chi connectivity index (χ0n) is 8.57. The Morgan fingerprint density at radius 2 is 2.06 bits per heavy atom. The maximum atomic E-state index is 10.5. The van der Waals surface area contributed by atoms with Gasteiger partial charge in [0.2, 0.25) is 0 Å². The summed E-state index contributed by atoms with van der Waals surface area (Å²) in [5.41, 5.74) is 0.912. The number of ether oxygens (including phenoxy) is 1. The molecule has 0 aliphatic carbocycles. The van der Waals surface area contributed by atoms with Gasteiger partial charge in [-0.05, 0) is 17.7 Å². The molecular weight excluding hydrogens is 274 g/mol. The molecule has 1 heterocycles. The van der Waals surface area contributed by atoms with Crippen molar-refractivity contribution >= 4 is 22.0 Å². The van der Waals surface area contributed by atoms with E-state index in [2.05, 4.69) is 21.2 Å². The summed E-state index contributed by atoms with van der Waals surface area (Å²) in [6.07, 6.45) is -0.997. The molecule has 1 aromatic rings. The second kappa shape index (κ2) is 4.43. The third kappa shape index (κ3) is 2.20. The van der Waals surface area contributed by atoms with Gasteiger partial charge in [0.15, 0.2) is 0 Å². The highest BCUT2D eigenvalue weighted by Gasteiger charge is 2.40. The smallest absolute Gasteiger partial charge is 0.404 e. The molecule has 0 bridgehead atoms. The molecule has 16 heavy (non-hydrogen) atoms. The predicted molar refractivity (Wildman–Crippen MR) is 62.7 cm³/mol. The molecule has 1 aliphatic rings. The summed E-state index contributed by atoms with van der Waals surface area (Å²) in [5.74, 6) is 0. The van der Waals surface area contributed by atoms with Crippen molar-refractivity contribution in [2.24, 2.45) is 0 Å². The van der Waals surface area contributed by atoms with E-state index in [-0.39, 0.29) is 5.41 Å². The molecule has 0 radical (unpaired) electrons. The van der Waals surface area contributed by atoms with Gasteiger partial charge in [0, 0.05) is 11.0 Å². The number of benzene rings is 1. The molecule has 2 N–H and O–H groups in total. The lowest BCUT2D eigenvalue weighted by Gasteiger charge is -2.41. The lowest BCUT2D eigenvalue weighted by molar-refractivity contribution is -0.0582. The van der Waals surface area contributed by atoms with E-state index in [0.717, 1.165) is 10.0 Å². The average molecular weight is 286 g/mol. The highest BCUT2D eigenvalue weighted by atomic mass is 79.9. The fraction of sp³-hybridized carbons (Fsp3) is 0.364. The SMILES string of the molecule is O=C(O)NCC1(c2ccc(Br)cc2)COC1. The monoisotopic (exact) mass is 285 g/mol. The van der Waals surface area contributed by atoms with Gasteiger partial charge in [-0.25, -0.2) is 4.79 Å². The molecular formula is C11H12BrNO3. The predicted octanol–water partition coefficient (Wildman–Crippen LogP) is 1.98. The topological polar surface area (TPSA) is 58.6 Å². The van der Waals surface area contributed by atoms with E-state index in [1.807, 2.05) is 24.3 Å². The van der Waals surface area contributed by atoms with E-state index in [0.29, 0.717) is 19.8 Å². The van der Waals surface area contributed by atoms with Gasteiger partial charge in [0.25, 0.3) is 0 Å². The van der Waals surface area contributed by atoms with Crippen LogP contribution in [0, 0.1) is 0 Å². The van der Waals surface area contributed by atoms with Gasteiger partial charge in [-0.15, -0.1) is 0 Å². The molecule has 1 aliphatic heterocycles. The quantitative estimate of drug-likeness (QED) is 0.893. The number of nitrogens with one attached hydrogen (secondary N) is 1. The van der Waals surface area contributed by atoms with Gasteiger partial charge >= 0.3 is 6.09 Å². The van der Waals surface area contributed by atoms with Crippen LogP contribution in [0.15, 0.2) is 28.7 Å². The highest BCUT2D eigenvalue weighted by Crippen LogP contribution is 2.32. The molecule has 4 nitrogen and oxygen atoms in total. The Morgan fingerprint density at radius 3 is 2.50 bits per heavy atom. The summed E-state index contributed by atoms with van der Waals surface area (Å²) >= 11 is 3.37. The second-order valence-corrected chi connectivity index (χ2v) is 4.85. The minimum Gasteiger partial charge on any atom is -0.465 e. The van der Waals surface area contributed by atoms with Crippen LogP contribution in [0.4, 0.5) is 4.79 Å². The van der Waals surface area contributed by atoms with Gasteiger partial charge in [-0.1, -0.05) is 28.1 Å². The van der Waals surface area contributed by atoms with Crippen LogP contribution in [0.5, 0.6) is 0 Å².